The van der Waals surface area contributed by atoms with Crippen molar-refractivity contribution in [2.24, 2.45) is 5.92 Å². The smallest absolute Gasteiger partial charge is 0.0417 e. The summed E-state index contributed by atoms with van der Waals surface area (Å²) in [5.74, 6) is 0.818. The van der Waals surface area contributed by atoms with Crippen LogP contribution in [0.4, 0.5) is 0 Å². The van der Waals surface area contributed by atoms with Gasteiger partial charge in [0.1, 0.15) is 0 Å². The van der Waals surface area contributed by atoms with Crippen molar-refractivity contribution in [2.75, 3.05) is 19.6 Å². The third kappa shape index (κ3) is 3.02. The fraction of sp³-hybridized carbons (Fsp3) is 0.360. The Balaban J connectivity index is 1.37. The second-order valence-corrected chi connectivity index (χ2v) is 8.40. The average Bonchev–Trinajstić information content (AvgIpc) is 3.14. The van der Waals surface area contributed by atoms with Crippen LogP contribution in [0.2, 0.25) is 0 Å². The van der Waals surface area contributed by atoms with Gasteiger partial charge in [-0.15, -0.1) is 0 Å². The summed E-state index contributed by atoms with van der Waals surface area (Å²) in [7, 11) is 0. The van der Waals surface area contributed by atoms with Crippen LogP contribution < -0.4 is 5.32 Å². The third-order valence-corrected chi connectivity index (χ3v) is 6.75. The molecule has 2 nitrogen and oxygen atoms in total. The fourth-order valence-corrected chi connectivity index (χ4v) is 5.13. The summed E-state index contributed by atoms with van der Waals surface area (Å²) in [6.07, 6.45) is 5.99. The Morgan fingerprint density at radius 2 is 1.81 bits per heavy atom. The molecule has 2 heteroatoms. The van der Waals surface area contributed by atoms with Crippen molar-refractivity contribution in [3.63, 3.8) is 0 Å². The largest absolute Gasteiger partial charge is 0.381 e. The molecule has 3 aliphatic heterocycles. The van der Waals surface area contributed by atoms with Crippen LogP contribution in [-0.4, -0.2) is 30.6 Å². The van der Waals surface area contributed by atoms with E-state index in [1.807, 2.05) is 0 Å². The Morgan fingerprint density at radius 1 is 1.04 bits per heavy atom. The van der Waals surface area contributed by atoms with E-state index in [1.54, 1.807) is 0 Å². The lowest BCUT2D eigenvalue weighted by Crippen LogP contribution is -2.55. The number of hydrogen-bond donors (Lipinski definition) is 1. The molecule has 138 valence electrons. The molecule has 0 amide bonds. The average molecular weight is 357 g/mol. The van der Waals surface area contributed by atoms with Crippen LogP contribution in [0.3, 0.4) is 0 Å². The second kappa shape index (κ2) is 6.69. The molecule has 1 aliphatic carbocycles. The molecule has 0 aromatic heterocycles. The standard InChI is InChI=1S/C25H28N2/c1-17-6-3-4-8-22(17)23-9-5-7-20-14-21(15-24(20)23)18(2)26-25-16-27-12-10-19(25)11-13-27/h3-9,14,19,25-26H,2,10-13,15-16H2,1H3. The van der Waals surface area contributed by atoms with Gasteiger partial charge in [-0.2, -0.15) is 0 Å². The number of nitrogens with zero attached hydrogens (tertiary/aromatic N) is 1. The predicted octanol–water partition coefficient (Wildman–Crippen LogP) is 4.80. The van der Waals surface area contributed by atoms with E-state index in [2.05, 4.69) is 72.3 Å². The second-order valence-electron chi connectivity index (χ2n) is 8.40. The fourth-order valence-electron chi connectivity index (χ4n) is 5.13. The maximum atomic E-state index is 4.42. The summed E-state index contributed by atoms with van der Waals surface area (Å²) in [6, 6.07) is 16.0. The van der Waals surface area contributed by atoms with E-state index >= 15 is 0 Å². The van der Waals surface area contributed by atoms with Gasteiger partial charge in [-0.25, -0.2) is 0 Å². The van der Waals surface area contributed by atoms with Gasteiger partial charge in [0.15, 0.2) is 0 Å². The minimum Gasteiger partial charge on any atom is -0.381 e. The Labute approximate surface area is 162 Å². The van der Waals surface area contributed by atoms with Crippen molar-refractivity contribution >= 4 is 6.08 Å². The monoisotopic (exact) mass is 356 g/mol. The Morgan fingerprint density at radius 3 is 2.56 bits per heavy atom. The van der Waals surface area contributed by atoms with E-state index < -0.39 is 0 Å². The minimum absolute atomic E-state index is 0.570. The maximum absolute atomic E-state index is 4.42. The lowest BCUT2D eigenvalue weighted by Gasteiger charge is -2.45. The molecule has 2 bridgehead atoms. The van der Waals surface area contributed by atoms with Gasteiger partial charge in [-0.3, -0.25) is 0 Å². The quantitative estimate of drug-likeness (QED) is 0.846. The topological polar surface area (TPSA) is 15.3 Å². The van der Waals surface area contributed by atoms with Gasteiger partial charge in [-0.1, -0.05) is 49.0 Å². The zero-order valence-corrected chi connectivity index (χ0v) is 16.2. The summed E-state index contributed by atoms with van der Waals surface area (Å²) in [6.45, 7) is 10.4. The molecule has 6 rings (SSSR count). The molecule has 3 fully saturated rings. The SMILES string of the molecule is C=C(NC1CN2CCC1CC2)C1=Cc2cccc(-c3ccccc3C)c2C1. The van der Waals surface area contributed by atoms with E-state index in [0.29, 0.717) is 6.04 Å². The molecule has 0 saturated carbocycles. The highest BCUT2D eigenvalue weighted by molar-refractivity contribution is 5.80. The van der Waals surface area contributed by atoms with E-state index in [4.69, 9.17) is 0 Å². The van der Waals surface area contributed by atoms with Crippen molar-refractivity contribution in [1.82, 2.24) is 10.2 Å². The number of allylic oxidation sites excluding steroid dienone is 1. The van der Waals surface area contributed by atoms with Crippen LogP contribution in [0.15, 0.2) is 60.3 Å². The lowest BCUT2D eigenvalue weighted by atomic mass is 9.84. The first-order valence-electron chi connectivity index (χ1n) is 10.3. The number of rotatable bonds is 4. The Bertz CT molecular complexity index is 916. The maximum Gasteiger partial charge on any atom is 0.0417 e. The van der Waals surface area contributed by atoms with Crippen molar-refractivity contribution < 1.29 is 0 Å². The lowest BCUT2D eigenvalue weighted by molar-refractivity contribution is 0.0776. The predicted molar refractivity (Wildman–Crippen MR) is 114 cm³/mol. The molecule has 1 N–H and O–H groups in total. The van der Waals surface area contributed by atoms with Gasteiger partial charge < -0.3 is 10.2 Å². The number of fused-ring (bicyclic) bond motifs is 4. The number of aryl methyl sites for hydroxylation is 1. The van der Waals surface area contributed by atoms with Crippen molar-refractivity contribution in [2.45, 2.75) is 32.2 Å². The minimum atomic E-state index is 0.570. The third-order valence-electron chi connectivity index (χ3n) is 6.75. The summed E-state index contributed by atoms with van der Waals surface area (Å²) >= 11 is 0. The van der Waals surface area contributed by atoms with Gasteiger partial charge in [0, 0.05) is 24.7 Å². The van der Waals surface area contributed by atoms with Gasteiger partial charge in [-0.05, 0) is 78.2 Å². The molecule has 2 aromatic carbocycles. The molecular formula is C25H28N2. The first-order chi connectivity index (χ1) is 13.2. The zero-order valence-electron chi connectivity index (χ0n) is 16.2. The van der Waals surface area contributed by atoms with E-state index in [0.717, 1.165) is 18.0 Å². The van der Waals surface area contributed by atoms with Gasteiger partial charge in [0.2, 0.25) is 0 Å². The van der Waals surface area contributed by atoms with Crippen LogP contribution in [0.1, 0.15) is 29.5 Å². The van der Waals surface area contributed by atoms with Crippen molar-refractivity contribution in [1.29, 1.82) is 0 Å². The van der Waals surface area contributed by atoms with Crippen LogP contribution in [0.25, 0.3) is 17.2 Å². The highest BCUT2D eigenvalue weighted by Gasteiger charge is 2.34. The molecule has 1 unspecified atom stereocenters. The van der Waals surface area contributed by atoms with E-state index in [1.165, 1.54) is 65.9 Å². The van der Waals surface area contributed by atoms with Gasteiger partial charge >= 0.3 is 0 Å². The van der Waals surface area contributed by atoms with E-state index in [9.17, 15) is 0 Å². The highest BCUT2D eigenvalue weighted by atomic mass is 15.2. The number of piperidine rings is 3. The van der Waals surface area contributed by atoms with Crippen LogP contribution in [0, 0.1) is 12.8 Å². The van der Waals surface area contributed by atoms with Crippen molar-refractivity contribution in [3.8, 4) is 11.1 Å². The molecule has 0 spiro atoms. The zero-order chi connectivity index (χ0) is 18.4. The van der Waals surface area contributed by atoms with Gasteiger partial charge in [0.25, 0.3) is 0 Å². The summed E-state index contributed by atoms with van der Waals surface area (Å²) in [4.78, 5) is 2.60. The molecule has 27 heavy (non-hydrogen) atoms. The molecule has 4 aliphatic rings. The number of nitrogens with one attached hydrogen (secondary N) is 1. The number of benzene rings is 2. The van der Waals surface area contributed by atoms with Crippen molar-refractivity contribution in [3.05, 3.63) is 77.0 Å². The first-order valence-corrected chi connectivity index (χ1v) is 10.3. The molecule has 0 radical (unpaired) electrons. The van der Waals surface area contributed by atoms with Gasteiger partial charge in [0.05, 0.1) is 0 Å². The Kier molecular flexibility index (Phi) is 4.17. The number of hydrogen-bond acceptors (Lipinski definition) is 2. The molecule has 2 aromatic rings. The highest BCUT2D eigenvalue weighted by Crippen LogP contribution is 2.37. The molecular weight excluding hydrogens is 328 g/mol. The van der Waals surface area contributed by atoms with Crippen LogP contribution >= 0.6 is 0 Å². The molecule has 3 heterocycles. The van der Waals surface area contributed by atoms with E-state index in [-0.39, 0.29) is 0 Å². The summed E-state index contributed by atoms with van der Waals surface area (Å²) < 4.78 is 0. The van der Waals surface area contributed by atoms with Crippen LogP contribution in [0.5, 0.6) is 0 Å². The molecule has 1 atom stereocenters. The van der Waals surface area contributed by atoms with Crippen LogP contribution in [-0.2, 0) is 6.42 Å². The normalized spacial score (nSPS) is 25.8. The Hall–Kier alpha value is -2.32. The molecule has 3 saturated heterocycles. The summed E-state index contributed by atoms with van der Waals surface area (Å²) in [5, 5.41) is 3.79. The first kappa shape index (κ1) is 16.8. The summed E-state index contributed by atoms with van der Waals surface area (Å²) in [5.41, 5.74) is 9.32.